The lowest BCUT2D eigenvalue weighted by Gasteiger charge is -2.22. The Kier molecular flexibility index (Phi) is 5.67. The van der Waals surface area contributed by atoms with Crippen LogP contribution in [-0.4, -0.2) is 55.2 Å². The van der Waals surface area contributed by atoms with E-state index in [1.165, 1.54) is 7.05 Å². The van der Waals surface area contributed by atoms with E-state index < -0.39 is 10.0 Å². The fourth-order valence-corrected chi connectivity index (χ4v) is 4.25. The van der Waals surface area contributed by atoms with Crippen LogP contribution in [0.5, 0.6) is 0 Å². The third kappa shape index (κ3) is 3.56. The van der Waals surface area contributed by atoms with Gasteiger partial charge in [0.1, 0.15) is 0 Å². The zero-order valence-electron chi connectivity index (χ0n) is 12.5. The lowest BCUT2D eigenvalue weighted by molar-refractivity contribution is -0.130. The number of sulfonamides is 1. The van der Waals surface area contributed by atoms with Gasteiger partial charge in [0.25, 0.3) is 10.0 Å². The van der Waals surface area contributed by atoms with Gasteiger partial charge in [-0.25, -0.2) is 13.4 Å². The molecule has 20 heavy (non-hydrogen) atoms. The van der Waals surface area contributed by atoms with Gasteiger partial charge in [0.15, 0.2) is 0 Å². The second kappa shape index (κ2) is 6.64. The highest BCUT2D eigenvalue weighted by atomic mass is 32.2. The number of amides is 1. The van der Waals surface area contributed by atoms with Gasteiger partial charge >= 0.3 is 0 Å². The van der Waals surface area contributed by atoms with Gasteiger partial charge in [-0.3, -0.25) is 4.79 Å². The van der Waals surface area contributed by atoms with Gasteiger partial charge in [-0.2, -0.15) is 4.31 Å². The molecule has 0 aliphatic rings. The first-order valence-electron chi connectivity index (χ1n) is 6.42. The normalized spacial score (nSPS) is 11.9. The van der Waals surface area contributed by atoms with Crippen molar-refractivity contribution in [1.29, 1.82) is 0 Å². The van der Waals surface area contributed by atoms with E-state index in [1.54, 1.807) is 11.8 Å². The minimum atomic E-state index is -3.69. The minimum absolute atomic E-state index is 0.0438. The van der Waals surface area contributed by atoms with Gasteiger partial charge in [-0.15, -0.1) is 11.3 Å². The van der Waals surface area contributed by atoms with Crippen LogP contribution >= 0.6 is 11.3 Å². The van der Waals surface area contributed by atoms with Crippen molar-refractivity contribution in [3.8, 4) is 0 Å². The number of carbonyl (C=O) groups excluding carboxylic acids is 1. The third-order valence-corrected chi connectivity index (χ3v) is 6.35. The van der Waals surface area contributed by atoms with Crippen molar-refractivity contribution in [2.75, 3.05) is 26.7 Å². The lowest BCUT2D eigenvalue weighted by Crippen LogP contribution is -2.40. The first kappa shape index (κ1) is 17.1. The average Bonchev–Trinajstić information content (AvgIpc) is 2.71. The Balaban J connectivity index is 2.90. The molecule has 0 unspecified atom stereocenters. The summed E-state index contributed by atoms with van der Waals surface area (Å²) in [6, 6.07) is 0. The van der Waals surface area contributed by atoms with Crippen LogP contribution in [0.25, 0.3) is 0 Å². The molecule has 1 aromatic rings. The maximum absolute atomic E-state index is 12.3. The second-order valence-corrected chi connectivity index (χ2v) is 7.87. The topological polar surface area (TPSA) is 70.6 Å². The number of nitrogens with zero attached hydrogens (tertiary/aromatic N) is 3. The molecule has 0 aliphatic carbocycles. The zero-order valence-corrected chi connectivity index (χ0v) is 14.1. The smallest absolute Gasteiger partial charge is 0.270 e. The molecule has 0 spiro atoms. The van der Waals surface area contributed by atoms with Crippen molar-refractivity contribution >= 4 is 27.3 Å². The maximum Gasteiger partial charge on any atom is 0.270 e. The fourth-order valence-electron chi connectivity index (χ4n) is 1.64. The molecule has 6 nitrogen and oxygen atoms in total. The molecule has 8 heteroatoms. The molecule has 0 saturated carbocycles. The van der Waals surface area contributed by atoms with Crippen molar-refractivity contribution in [2.45, 2.75) is 32.0 Å². The Hall–Kier alpha value is -0.990. The number of aromatic nitrogens is 1. The minimum Gasteiger partial charge on any atom is -0.342 e. The summed E-state index contributed by atoms with van der Waals surface area (Å²) in [7, 11) is -2.29. The van der Waals surface area contributed by atoms with E-state index in [1.807, 2.05) is 20.8 Å². The average molecular weight is 319 g/mol. The predicted octanol–water partition coefficient (Wildman–Crippen LogP) is 1.25. The molecular weight excluding hydrogens is 298 g/mol. The van der Waals surface area contributed by atoms with Gasteiger partial charge in [-0.05, 0) is 27.7 Å². The summed E-state index contributed by atoms with van der Waals surface area (Å²) >= 11 is 1.13. The van der Waals surface area contributed by atoms with Crippen molar-refractivity contribution in [3.63, 3.8) is 0 Å². The molecule has 1 amide bonds. The van der Waals surface area contributed by atoms with Gasteiger partial charge < -0.3 is 4.90 Å². The second-order valence-electron chi connectivity index (χ2n) is 4.45. The van der Waals surface area contributed by atoms with Crippen LogP contribution in [0.15, 0.2) is 4.34 Å². The van der Waals surface area contributed by atoms with Crippen LogP contribution in [-0.2, 0) is 14.8 Å². The van der Waals surface area contributed by atoms with Gasteiger partial charge in [0.2, 0.25) is 10.2 Å². The van der Waals surface area contributed by atoms with Crippen molar-refractivity contribution in [1.82, 2.24) is 14.2 Å². The van der Waals surface area contributed by atoms with E-state index in [0.717, 1.165) is 20.5 Å². The Morgan fingerprint density at radius 3 is 2.20 bits per heavy atom. The van der Waals surface area contributed by atoms with Crippen LogP contribution in [0, 0.1) is 13.8 Å². The van der Waals surface area contributed by atoms with E-state index in [9.17, 15) is 13.2 Å². The van der Waals surface area contributed by atoms with Gasteiger partial charge in [0, 0.05) is 25.0 Å². The van der Waals surface area contributed by atoms with Crippen LogP contribution in [0.2, 0.25) is 0 Å². The molecule has 1 rings (SSSR count). The number of likely N-dealkylation sites (N-methyl/N-ethyl adjacent to an activating group) is 2. The number of rotatable bonds is 6. The first-order chi connectivity index (χ1) is 9.23. The molecule has 0 saturated heterocycles. The highest BCUT2D eigenvalue weighted by Crippen LogP contribution is 2.23. The van der Waals surface area contributed by atoms with Crippen molar-refractivity contribution in [3.05, 3.63) is 10.6 Å². The molecule has 0 aliphatic heterocycles. The number of carbonyl (C=O) groups is 1. The molecular formula is C12H21N3O3S2. The summed E-state index contributed by atoms with van der Waals surface area (Å²) in [5.41, 5.74) is 0.706. The van der Waals surface area contributed by atoms with E-state index in [2.05, 4.69) is 4.98 Å². The number of hydrogen-bond donors (Lipinski definition) is 0. The summed E-state index contributed by atoms with van der Waals surface area (Å²) in [6.45, 7) is 8.30. The van der Waals surface area contributed by atoms with Crippen molar-refractivity contribution < 1.29 is 13.2 Å². The summed E-state index contributed by atoms with van der Waals surface area (Å²) in [5.74, 6) is -0.203. The number of thiazole rings is 1. The number of hydrogen-bond acceptors (Lipinski definition) is 5. The number of aryl methyl sites for hydroxylation is 2. The van der Waals surface area contributed by atoms with E-state index in [4.69, 9.17) is 0 Å². The molecule has 0 aromatic carbocycles. The molecule has 0 bridgehead atoms. The highest BCUT2D eigenvalue weighted by molar-refractivity contribution is 7.91. The molecule has 1 aromatic heterocycles. The summed E-state index contributed by atoms with van der Waals surface area (Å²) in [5, 5.41) is 0. The van der Waals surface area contributed by atoms with Crippen LogP contribution in [0.1, 0.15) is 24.4 Å². The van der Waals surface area contributed by atoms with Crippen molar-refractivity contribution in [2.24, 2.45) is 0 Å². The van der Waals surface area contributed by atoms with Crippen LogP contribution in [0.3, 0.4) is 0 Å². The largest absolute Gasteiger partial charge is 0.342 e. The monoisotopic (exact) mass is 319 g/mol. The summed E-state index contributed by atoms with van der Waals surface area (Å²) in [6.07, 6.45) is 0. The molecule has 0 N–H and O–H groups in total. The fraction of sp³-hybridized carbons (Fsp3) is 0.667. The molecule has 0 fully saturated rings. The Morgan fingerprint density at radius 2 is 1.80 bits per heavy atom. The summed E-state index contributed by atoms with van der Waals surface area (Å²) < 4.78 is 25.8. The predicted molar refractivity (Wildman–Crippen MR) is 79.3 cm³/mol. The molecule has 0 atom stereocenters. The lowest BCUT2D eigenvalue weighted by atomic mass is 10.4. The third-order valence-electron chi connectivity index (χ3n) is 3.11. The molecule has 114 valence electrons. The van der Waals surface area contributed by atoms with Gasteiger partial charge in [0.05, 0.1) is 12.2 Å². The molecule has 0 radical (unpaired) electrons. The Labute approximate surface area is 124 Å². The standard InChI is InChI=1S/C12H21N3O3S2/c1-6-15(7-2)11(16)8-14(5)20(17,18)12-13-9(3)10(4)19-12/h6-8H2,1-5H3. The Bertz CT molecular complexity index is 557. The van der Waals surface area contributed by atoms with Crippen LogP contribution in [0.4, 0.5) is 0 Å². The van der Waals surface area contributed by atoms with E-state index in [0.29, 0.717) is 18.8 Å². The first-order valence-corrected chi connectivity index (χ1v) is 8.67. The van der Waals surface area contributed by atoms with Gasteiger partial charge in [-0.1, -0.05) is 0 Å². The summed E-state index contributed by atoms with van der Waals surface area (Å²) in [4.78, 5) is 18.5. The van der Waals surface area contributed by atoms with Crippen LogP contribution < -0.4 is 0 Å². The van der Waals surface area contributed by atoms with E-state index >= 15 is 0 Å². The maximum atomic E-state index is 12.3. The highest BCUT2D eigenvalue weighted by Gasteiger charge is 2.27. The molecule has 1 heterocycles. The van der Waals surface area contributed by atoms with E-state index in [-0.39, 0.29) is 16.8 Å². The zero-order chi connectivity index (χ0) is 15.5. The SMILES string of the molecule is CCN(CC)C(=O)CN(C)S(=O)(=O)c1nc(C)c(C)s1. The quantitative estimate of drug-likeness (QED) is 0.791. The Morgan fingerprint density at radius 1 is 1.25 bits per heavy atom.